The molecule has 4 nitrogen and oxygen atoms in total. The quantitative estimate of drug-likeness (QED) is 0.187. The first-order chi connectivity index (χ1) is 16.3. The van der Waals surface area contributed by atoms with Gasteiger partial charge in [0, 0.05) is 11.8 Å². The van der Waals surface area contributed by atoms with Crippen molar-refractivity contribution in [3.8, 4) is 5.75 Å². The van der Waals surface area contributed by atoms with E-state index in [1.54, 1.807) is 0 Å². The molecule has 1 aliphatic rings. The van der Waals surface area contributed by atoms with E-state index in [4.69, 9.17) is 9.57 Å². The van der Waals surface area contributed by atoms with Gasteiger partial charge in [0.15, 0.2) is 0 Å². The monoisotopic (exact) mass is 449 g/mol. The molecule has 4 heteroatoms. The molecule has 0 saturated heterocycles. The molecule has 0 aliphatic carbocycles. The number of esters is 1. The summed E-state index contributed by atoms with van der Waals surface area (Å²) < 4.78 is 5.59. The number of rotatable bonds is 4. The van der Waals surface area contributed by atoms with Crippen LogP contribution in [0.3, 0.4) is 0 Å². The van der Waals surface area contributed by atoms with E-state index in [0.717, 1.165) is 27.6 Å². The van der Waals surface area contributed by atoms with Gasteiger partial charge in [0.1, 0.15) is 5.75 Å². The molecule has 0 spiro atoms. The summed E-state index contributed by atoms with van der Waals surface area (Å²) in [6.07, 6.45) is 4.01. The predicted molar refractivity (Wildman–Crippen MR) is 139 cm³/mol. The second kappa shape index (κ2) is 8.79. The van der Waals surface area contributed by atoms with Crippen LogP contribution < -0.4 is 4.74 Å². The number of fused-ring (bicyclic) bond motifs is 2. The molecule has 0 radical (unpaired) electrons. The summed E-state index contributed by atoms with van der Waals surface area (Å²) in [7, 11) is 0. The molecule has 0 N–H and O–H groups in total. The smallest absolute Gasteiger partial charge is 0.355 e. The van der Waals surface area contributed by atoms with Crippen molar-refractivity contribution in [2.75, 3.05) is 0 Å². The first-order valence-corrected chi connectivity index (χ1v) is 11.5. The third-order valence-electron chi connectivity index (χ3n) is 6.09. The normalized spacial score (nSPS) is 16.1. The Labute approximate surface area is 199 Å². The largest absolute Gasteiger partial charge is 0.424 e. The van der Waals surface area contributed by atoms with Crippen molar-refractivity contribution >= 4 is 45.4 Å². The van der Waals surface area contributed by atoms with Gasteiger partial charge in [0.05, 0.1) is 5.71 Å². The van der Waals surface area contributed by atoms with Gasteiger partial charge in [-0.15, -0.1) is 0 Å². The minimum atomic E-state index is -0.687. The van der Waals surface area contributed by atoms with E-state index < -0.39 is 12.1 Å². The second-order valence-corrected chi connectivity index (χ2v) is 9.72. The van der Waals surface area contributed by atoms with Crippen molar-refractivity contribution in [3.05, 3.63) is 90.0 Å². The number of carbonyl (C=O) groups excluding carboxylic acids is 1. The molecule has 1 atom stereocenters. The predicted octanol–water partition coefficient (Wildman–Crippen LogP) is 7.26. The van der Waals surface area contributed by atoms with Crippen molar-refractivity contribution in [2.24, 2.45) is 10.6 Å². The summed E-state index contributed by atoms with van der Waals surface area (Å²) in [5.41, 5.74) is 3.01. The topological polar surface area (TPSA) is 47.9 Å². The Morgan fingerprint density at radius 2 is 1.44 bits per heavy atom. The molecule has 0 bridgehead atoms. The highest BCUT2D eigenvalue weighted by Gasteiger charge is 2.35. The molecule has 170 valence electrons. The average Bonchev–Trinajstić information content (AvgIpc) is 3.34. The van der Waals surface area contributed by atoms with Crippen molar-refractivity contribution in [2.45, 2.75) is 33.3 Å². The second-order valence-electron chi connectivity index (χ2n) is 9.72. The molecule has 4 aromatic carbocycles. The van der Waals surface area contributed by atoms with Crippen molar-refractivity contribution in [1.29, 1.82) is 0 Å². The molecule has 0 amide bonds. The molecular weight excluding hydrogens is 422 g/mol. The van der Waals surface area contributed by atoms with Gasteiger partial charge in [0.25, 0.3) is 0 Å². The maximum atomic E-state index is 12.5. The maximum Gasteiger partial charge on any atom is 0.355 e. The molecule has 1 aliphatic heterocycles. The fourth-order valence-corrected chi connectivity index (χ4v) is 4.04. The zero-order valence-electron chi connectivity index (χ0n) is 19.6. The van der Waals surface area contributed by atoms with E-state index in [1.807, 2.05) is 24.3 Å². The van der Waals surface area contributed by atoms with E-state index in [0.29, 0.717) is 12.2 Å². The first-order valence-electron chi connectivity index (χ1n) is 11.5. The van der Waals surface area contributed by atoms with Crippen LogP contribution in [0.1, 0.15) is 38.3 Å². The average molecular weight is 450 g/mol. The summed E-state index contributed by atoms with van der Waals surface area (Å²) in [6.45, 7) is 6.16. The molecule has 34 heavy (non-hydrogen) atoms. The van der Waals surface area contributed by atoms with Crippen LogP contribution in [0.2, 0.25) is 0 Å². The van der Waals surface area contributed by atoms with Crippen LogP contribution in [0.5, 0.6) is 5.75 Å². The zero-order valence-corrected chi connectivity index (χ0v) is 19.6. The molecular formula is C30H27NO3. The van der Waals surface area contributed by atoms with E-state index in [9.17, 15) is 4.79 Å². The van der Waals surface area contributed by atoms with Crippen molar-refractivity contribution in [1.82, 2.24) is 0 Å². The number of nitrogens with zero attached hydrogens (tertiary/aromatic N) is 1. The number of carbonyl (C=O) groups is 1. The van der Waals surface area contributed by atoms with Gasteiger partial charge in [-0.3, -0.25) is 0 Å². The van der Waals surface area contributed by atoms with Gasteiger partial charge in [-0.05, 0) is 56.9 Å². The highest BCUT2D eigenvalue weighted by molar-refractivity contribution is 5.95. The van der Waals surface area contributed by atoms with Crippen LogP contribution >= 0.6 is 0 Å². The van der Waals surface area contributed by atoms with Crippen molar-refractivity contribution in [3.63, 3.8) is 0 Å². The molecule has 1 unspecified atom stereocenters. The number of ether oxygens (including phenoxy) is 1. The summed E-state index contributed by atoms with van der Waals surface area (Å²) in [6, 6.07) is 26.7. The number of benzene rings is 4. The lowest BCUT2D eigenvalue weighted by Gasteiger charge is -2.16. The van der Waals surface area contributed by atoms with Crippen molar-refractivity contribution < 1.29 is 14.4 Å². The van der Waals surface area contributed by atoms with Gasteiger partial charge in [-0.1, -0.05) is 92.7 Å². The fraction of sp³-hybridized carbons (Fsp3) is 0.200. The Bertz CT molecular complexity index is 1440. The van der Waals surface area contributed by atoms with Crippen LogP contribution in [-0.4, -0.2) is 17.8 Å². The number of hydrogen-bond donors (Lipinski definition) is 0. The van der Waals surface area contributed by atoms with E-state index in [1.165, 1.54) is 10.8 Å². The summed E-state index contributed by atoms with van der Waals surface area (Å²) in [5.74, 6) is 0.0852. The molecule has 0 saturated carbocycles. The Kier molecular flexibility index (Phi) is 5.66. The highest BCUT2D eigenvalue weighted by Crippen LogP contribution is 2.28. The van der Waals surface area contributed by atoms with Crippen LogP contribution in [0.15, 0.2) is 84.0 Å². The van der Waals surface area contributed by atoms with Crippen LogP contribution in [0, 0.1) is 5.41 Å². The summed E-state index contributed by atoms with van der Waals surface area (Å²) in [4.78, 5) is 17.9. The minimum absolute atomic E-state index is 0.127. The minimum Gasteiger partial charge on any atom is -0.424 e. The van der Waals surface area contributed by atoms with Crippen LogP contribution in [-0.2, 0) is 9.63 Å². The van der Waals surface area contributed by atoms with E-state index in [-0.39, 0.29) is 5.41 Å². The summed E-state index contributed by atoms with van der Waals surface area (Å²) in [5, 5.41) is 8.63. The lowest BCUT2D eigenvalue weighted by atomic mass is 9.87. The van der Waals surface area contributed by atoms with E-state index >= 15 is 0 Å². The number of oxime groups is 1. The maximum absolute atomic E-state index is 12.5. The lowest BCUT2D eigenvalue weighted by Crippen LogP contribution is -2.28. The molecule has 5 rings (SSSR count). The Balaban J connectivity index is 1.28. The molecule has 0 fully saturated rings. The highest BCUT2D eigenvalue weighted by atomic mass is 16.7. The van der Waals surface area contributed by atoms with E-state index in [2.05, 4.69) is 92.7 Å². The number of hydrogen-bond acceptors (Lipinski definition) is 4. The SMILES string of the molecule is CC(C)(C)C1=NOC(C(=O)Oc2ccc3cc(/C=C/c4ccc5ccccc5c4)ccc3c2)C1. The Hall–Kier alpha value is -3.92. The third kappa shape index (κ3) is 4.72. The molecule has 0 aromatic heterocycles. The Morgan fingerprint density at radius 3 is 2.12 bits per heavy atom. The lowest BCUT2D eigenvalue weighted by molar-refractivity contribution is -0.145. The molecule has 4 aromatic rings. The van der Waals surface area contributed by atoms with Gasteiger partial charge in [0.2, 0.25) is 6.10 Å². The standard InChI is InChI=1S/C30H27NO3/c1-30(2,3)28-19-27(34-31-28)29(32)33-26-15-14-24-17-21(11-13-25(24)18-26)9-8-20-10-12-22-6-4-5-7-23(22)16-20/h4-18,27H,19H2,1-3H3/b9-8+. The van der Waals surface area contributed by atoms with Crippen LogP contribution in [0.4, 0.5) is 0 Å². The van der Waals surface area contributed by atoms with Gasteiger partial charge in [-0.25, -0.2) is 4.79 Å². The fourth-order valence-electron chi connectivity index (χ4n) is 4.04. The van der Waals surface area contributed by atoms with Gasteiger partial charge >= 0.3 is 5.97 Å². The summed E-state index contributed by atoms with van der Waals surface area (Å²) >= 11 is 0. The zero-order chi connectivity index (χ0) is 23.7. The molecule has 1 heterocycles. The third-order valence-corrected chi connectivity index (χ3v) is 6.09. The van der Waals surface area contributed by atoms with Gasteiger partial charge in [-0.2, -0.15) is 0 Å². The van der Waals surface area contributed by atoms with Crippen LogP contribution in [0.25, 0.3) is 33.7 Å². The first kappa shape index (κ1) is 21.9. The Morgan fingerprint density at radius 1 is 0.853 bits per heavy atom. The van der Waals surface area contributed by atoms with Gasteiger partial charge < -0.3 is 9.57 Å².